The molecular formula is C8H10N4O3S. The van der Waals surface area contributed by atoms with E-state index in [2.05, 4.69) is 4.99 Å². The largest absolute Gasteiger partial charge is 0.477 e. The molecule has 0 aliphatic carbocycles. The van der Waals surface area contributed by atoms with Gasteiger partial charge in [0.05, 0.1) is 18.3 Å². The van der Waals surface area contributed by atoms with Gasteiger partial charge in [-0.1, -0.05) is 0 Å². The number of nitrogens with two attached hydrogens (primary N) is 2. The number of nitrogens with zero attached hydrogens (tertiary/aromatic N) is 2. The van der Waals surface area contributed by atoms with Crippen LogP contribution < -0.4 is 11.5 Å². The minimum atomic E-state index is -1.12. The molecule has 1 atom stereocenters. The standard InChI is InChI=1S/C8H10N4O3S/c9-8(10)11-2-3-6(7(14)15)12-4(13)1-5(12)16-3/h5H,1-2H2,(H,14,15)(H4,9,10,11)/t5-/m1/s1. The normalized spacial score (nSPS) is 22.9. The van der Waals surface area contributed by atoms with Gasteiger partial charge in [-0.3, -0.25) is 9.69 Å². The lowest BCUT2D eigenvalue weighted by atomic mass is 10.1. The van der Waals surface area contributed by atoms with Gasteiger partial charge in [0.1, 0.15) is 5.70 Å². The van der Waals surface area contributed by atoms with E-state index in [-0.39, 0.29) is 29.5 Å². The lowest BCUT2D eigenvalue weighted by molar-refractivity contribution is -0.145. The minimum Gasteiger partial charge on any atom is -0.477 e. The highest BCUT2D eigenvalue weighted by Gasteiger charge is 2.48. The van der Waals surface area contributed by atoms with Gasteiger partial charge in [0.15, 0.2) is 5.96 Å². The van der Waals surface area contributed by atoms with Crippen molar-refractivity contribution in [2.75, 3.05) is 6.54 Å². The summed E-state index contributed by atoms with van der Waals surface area (Å²) >= 11 is 1.33. The van der Waals surface area contributed by atoms with Crippen molar-refractivity contribution >= 4 is 29.6 Å². The van der Waals surface area contributed by atoms with Crippen molar-refractivity contribution in [3.63, 3.8) is 0 Å². The van der Waals surface area contributed by atoms with Crippen molar-refractivity contribution in [1.29, 1.82) is 0 Å². The molecule has 1 fully saturated rings. The van der Waals surface area contributed by atoms with E-state index < -0.39 is 5.97 Å². The first-order valence-corrected chi connectivity index (χ1v) is 5.39. The summed E-state index contributed by atoms with van der Waals surface area (Å²) in [4.78, 5) is 27.8. The molecule has 86 valence electrons. The van der Waals surface area contributed by atoms with Crippen LogP contribution in [-0.2, 0) is 9.59 Å². The molecule has 8 heteroatoms. The fraction of sp³-hybridized carbons (Fsp3) is 0.375. The molecule has 0 bridgehead atoms. The van der Waals surface area contributed by atoms with Gasteiger partial charge >= 0.3 is 5.97 Å². The lowest BCUT2D eigenvalue weighted by Gasteiger charge is -2.33. The summed E-state index contributed by atoms with van der Waals surface area (Å²) in [6, 6.07) is 0. The predicted molar refractivity (Wildman–Crippen MR) is 58.2 cm³/mol. The number of aliphatic imine (C=N–C) groups is 1. The number of hydrogen-bond acceptors (Lipinski definition) is 4. The molecule has 1 saturated heterocycles. The van der Waals surface area contributed by atoms with Gasteiger partial charge in [-0.2, -0.15) is 0 Å². The van der Waals surface area contributed by atoms with Crippen LogP contribution in [0.1, 0.15) is 6.42 Å². The van der Waals surface area contributed by atoms with Gasteiger partial charge in [0.2, 0.25) is 5.91 Å². The van der Waals surface area contributed by atoms with Crippen LogP contribution in [0.15, 0.2) is 15.6 Å². The second kappa shape index (κ2) is 3.71. The van der Waals surface area contributed by atoms with Crippen molar-refractivity contribution in [1.82, 2.24) is 4.90 Å². The summed E-state index contributed by atoms with van der Waals surface area (Å²) in [6.45, 7) is 0.106. The Morgan fingerprint density at radius 2 is 2.31 bits per heavy atom. The number of carboxylic acids is 1. The first kappa shape index (κ1) is 10.8. The maximum atomic E-state index is 11.2. The van der Waals surface area contributed by atoms with Gasteiger partial charge < -0.3 is 16.6 Å². The van der Waals surface area contributed by atoms with Gasteiger partial charge in [-0.15, -0.1) is 11.8 Å². The van der Waals surface area contributed by atoms with Crippen molar-refractivity contribution in [3.8, 4) is 0 Å². The summed E-state index contributed by atoms with van der Waals surface area (Å²) in [6.07, 6.45) is 0.368. The Labute approximate surface area is 95.2 Å². The molecule has 1 amide bonds. The summed E-state index contributed by atoms with van der Waals surface area (Å²) < 4.78 is 0. The van der Waals surface area contributed by atoms with Crippen molar-refractivity contribution < 1.29 is 14.7 Å². The second-order valence-corrected chi connectivity index (χ2v) is 4.63. The quantitative estimate of drug-likeness (QED) is 0.327. The Morgan fingerprint density at radius 1 is 1.62 bits per heavy atom. The molecule has 2 aliphatic rings. The van der Waals surface area contributed by atoms with Gasteiger partial charge in [0.25, 0.3) is 0 Å². The molecule has 2 heterocycles. The third-order valence-electron chi connectivity index (χ3n) is 2.30. The molecule has 16 heavy (non-hydrogen) atoms. The molecule has 0 radical (unpaired) electrons. The van der Waals surface area contributed by atoms with Crippen LogP contribution in [0.3, 0.4) is 0 Å². The minimum absolute atomic E-state index is 0.0104. The molecule has 2 aliphatic heterocycles. The van der Waals surface area contributed by atoms with E-state index in [1.54, 1.807) is 0 Å². The zero-order valence-corrected chi connectivity index (χ0v) is 9.03. The molecule has 5 N–H and O–H groups in total. The highest BCUT2D eigenvalue weighted by Crippen LogP contribution is 2.45. The number of β-lactam (4-membered cyclic amide) rings is 1. The van der Waals surface area contributed by atoms with Crippen LogP contribution in [0, 0.1) is 0 Å². The van der Waals surface area contributed by atoms with Gasteiger partial charge in [-0.25, -0.2) is 9.79 Å². The summed E-state index contributed by atoms with van der Waals surface area (Å²) in [7, 11) is 0. The summed E-state index contributed by atoms with van der Waals surface area (Å²) in [5.41, 5.74) is 10.4. The number of fused-ring (bicyclic) bond motifs is 1. The molecule has 7 nitrogen and oxygen atoms in total. The Balaban J connectivity index is 2.25. The van der Waals surface area contributed by atoms with Crippen molar-refractivity contribution in [3.05, 3.63) is 10.6 Å². The zero-order valence-electron chi connectivity index (χ0n) is 8.21. The van der Waals surface area contributed by atoms with Crippen LogP contribution in [0.2, 0.25) is 0 Å². The van der Waals surface area contributed by atoms with Gasteiger partial charge in [-0.05, 0) is 0 Å². The first-order valence-electron chi connectivity index (χ1n) is 4.51. The van der Waals surface area contributed by atoms with Crippen molar-refractivity contribution in [2.45, 2.75) is 11.8 Å². The van der Waals surface area contributed by atoms with E-state index in [9.17, 15) is 9.59 Å². The average Bonchev–Trinajstić information content (AvgIpc) is 2.47. The van der Waals surface area contributed by atoms with Crippen LogP contribution in [0.5, 0.6) is 0 Å². The maximum Gasteiger partial charge on any atom is 0.353 e. The van der Waals surface area contributed by atoms with E-state index >= 15 is 0 Å². The molecular weight excluding hydrogens is 232 g/mol. The van der Waals surface area contributed by atoms with Crippen molar-refractivity contribution in [2.24, 2.45) is 16.5 Å². The first-order chi connectivity index (χ1) is 7.50. The number of carbonyl (C=O) groups is 2. The number of thioether (sulfide) groups is 1. The van der Waals surface area contributed by atoms with Crippen LogP contribution in [0.25, 0.3) is 0 Å². The fourth-order valence-corrected chi connectivity index (χ4v) is 2.92. The van der Waals surface area contributed by atoms with Gasteiger partial charge in [0, 0.05) is 4.91 Å². The third-order valence-corrected chi connectivity index (χ3v) is 3.55. The third kappa shape index (κ3) is 1.60. The van der Waals surface area contributed by atoms with E-state index in [0.717, 1.165) is 0 Å². The van der Waals surface area contributed by atoms with E-state index in [4.69, 9.17) is 16.6 Å². The number of aliphatic carboxylic acids is 1. The molecule has 0 saturated carbocycles. The van der Waals surface area contributed by atoms with E-state index in [1.165, 1.54) is 16.7 Å². The molecule has 2 rings (SSSR count). The SMILES string of the molecule is NC(N)=NCC1=C(C(=O)O)N2C(=O)C[C@H]2S1. The number of guanidine groups is 1. The van der Waals surface area contributed by atoms with Crippen LogP contribution in [0.4, 0.5) is 0 Å². The Morgan fingerprint density at radius 3 is 2.81 bits per heavy atom. The number of amides is 1. The number of carboxylic acid groups (broad SMARTS) is 1. The number of rotatable bonds is 3. The topological polar surface area (TPSA) is 122 Å². The summed E-state index contributed by atoms with van der Waals surface area (Å²) in [5, 5.41) is 8.92. The fourth-order valence-electron chi connectivity index (χ4n) is 1.60. The predicted octanol–water partition coefficient (Wildman–Crippen LogP) is -1.14. The number of carbonyl (C=O) groups excluding carboxylic acids is 1. The highest BCUT2D eigenvalue weighted by atomic mass is 32.2. The Hall–Kier alpha value is -1.70. The maximum absolute atomic E-state index is 11.2. The monoisotopic (exact) mass is 242 g/mol. The highest BCUT2D eigenvalue weighted by molar-refractivity contribution is 8.04. The van der Waals surface area contributed by atoms with Crippen LogP contribution >= 0.6 is 11.8 Å². The molecule has 0 spiro atoms. The van der Waals surface area contributed by atoms with E-state index in [0.29, 0.717) is 11.3 Å². The Kier molecular flexibility index (Phi) is 2.50. The molecule has 0 aromatic heterocycles. The molecule has 0 aromatic rings. The molecule has 0 aromatic carbocycles. The Bertz CT molecular complexity index is 427. The number of hydrogen-bond donors (Lipinski definition) is 3. The lowest BCUT2D eigenvalue weighted by Crippen LogP contribution is -2.48. The second-order valence-electron chi connectivity index (χ2n) is 3.36. The summed E-state index contributed by atoms with van der Waals surface area (Å²) in [5.74, 6) is -1.39. The average molecular weight is 242 g/mol. The zero-order chi connectivity index (χ0) is 11.9. The van der Waals surface area contributed by atoms with E-state index in [1.807, 2.05) is 0 Å². The smallest absolute Gasteiger partial charge is 0.353 e. The van der Waals surface area contributed by atoms with Crippen LogP contribution in [-0.4, -0.2) is 39.8 Å². The molecule has 0 unspecified atom stereocenters.